The van der Waals surface area contributed by atoms with Gasteiger partial charge in [-0.05, 0) is 42.7 Å². The van der Waals surface area contributed by atoms with Crippen LogP contribution < -0.4 is 0 Å². The highest BCUT2D eigenvalue weighted by Crippen LogP contribution is 2.31. The molecule has 0 saturated carbocycles. The van der Waals surface area contributed by atoms with Crippen LogP contribution in [-0.2, 0) is 6.42 Å². The molecule has 102 valence electrons. The van der Waals surface area contributed by atoms with Crippen molar-refractivity contribution < 1.29 is 4.42 Å². The van der Waals surface area contributed by atoms with Gasteiger partial charge in [-0.25, -0.2) is 4.98 Å². The zero-order valence-electron chi connectivity index (χ0n) is 11.6. The first-order chi connectivity index (χ1) is 9.65. The highest BCUT2D eigenvalue weighted by molar-refractivity contribution is 9.09. The molecule has 3 rings (SSSR count). The van der Waals surface area contributed by atoms with Gasteiger partial charge in [0.15, 0.2) is 11.5 Å². The molecule has 3 heteroatoms. The molecule has 2 aromatic carbocycles. The molecule has 0 amide bonds. The van der Waals surface area contributed by atoms with Gasteiger partial charge >= 0.3 is 0 Å². The Morgan fingerprint density at radius 2 is 1.90 bits per heavy atom. The minimum atomic E-state index is 0.218. The van der Waals surface area contributed by atoms with Crippen molar-refractivity contribution in [1.29, 1.82) is 0 Å². The standard InChI is InChI=1S/C17H16BrNO/c1-11-6-5-7-13(12(11)2)14(18)10-17-19-15-8-3-4-9-16(15)20-17/h3-9,14H,10H2,1-2H3. The van der Waals surface area contributed by atoms with Crippen molar-refractivity contribution in [3.63, 3.8) is 0 Å². The number of aromatic nitrogens is 1. The molecule has 3 aromatic rings. The van der Waals surface area contributed by atoms with Crippen molar-refractivity contribution in [3.05, 3.63) is 65.0 Å². The van der Waals surface area contributed by atoms with E-state index in [0.29, 0.717) is 0 Å². The van der Waals surface area contributed by atoms with Gasteiger partial charge in [0, 0.05) is 11.2 Å². The van der Waals surface area contributed by atoms with Gasteiger partial charge < -0.3 is 4.42 Å². The molecule has 0 saturated heterocycles. The maximum absolute atomic E-state index is 5.79. The molecule has 20 heavy (non-hydrogen) atoms. The van der Waals surface area contributed by atoms with Crippen molar-refractivity contribution in [2.45, 2.75) is 25.1 Å². The van der Waals surface area contributed by atoms with Crippen LogP contribution in [0.5, 0.6) is 0 Å². The third kappa shape index (κ3) is 2.50. The fourth-order valence-electron chi connectivity index (χ4n) is 2.38. The van der Waals surface area contributed by atoms with E-state index in [-0.39, 0.29) is 4.83 Å². The molecular weight excluding hydrogens is 314 g/mol. The summed E-state index contributed by atoms with van der Waals surface area (Å²) < 4.78 is 5.79. The summed E-state index contributed by atoms with van der Waals surface area (Å²) in [4.78, 5) is 4.75. The second-order valence-electron chi connectivity index (χ2n) is 5.04. The molecule has 2 nitrogen and oxygen atoms in total. The van der Waals surface area contributed by atoms with Gasteiger partial charge in [-0.15, -0.1) is 0 Å². The van der Waals surface area contributed by atoms with Gasteiger partial charge in [0.25, 0.3) is 0 Å². The Bertz CT molecular complexity index is 715. The average molecular weight is 330 g/mol. The van der Waals surface area contributed by atoms with Crippen molar-refractivity contribution in [2.24, 2.45) is 0 Å². The molecule has 0 aliphatic carbocycles. The van der Waals surface area contributed by atoms with Crippen LogP contribution in [0.3, 0.4) is 0 Å². The van der Waals surface area contributed by atoms with E-state index in [1.54, 1.807) is 0 Å². The summed E-state index contributed by atoms with van der Waals surface area (Å²) in [5, 5.41) is 0. The first-order valence-electron chi connectivity index (χ1n) is 6.70. The highest BCUT2D eigenvalue weighted by Gasteiger charge is 2.15. The Hall–Kier alpha value is -1.61. The van der Waals surface area contributed by atoms with Gasteiger partial charge in [-0.3, -0.25) is 0 Å². The van der Waals surface area contributed by atoms with Gasteiger partial charge in [0.1, 0.15) is 5.52 Å². The van der Waals surface area contributed by atoms with E-state index in [1.165, 1.54) is 16.7 Å². The lowest BCUT2D eigenvalue weighted by Gasteiger charge is -2.13. The van der Waals surface area contributed by atoms with E-state index < -0.39 is 0 Å². The maximum Gasteiger partial charge on any atom is 0.196 e. The number of hydrogen-bond donors (Lipinski definition) is 0. The molecule has 1 unspecified atom stereocenters. The summed E-state index contributed by atoms with van der Waals surface area (Å²) in [6, 6.07) is 14.3. The second kappa shape index (κ2) is 5.41. The first-order valence-corrected chi connectivity index (χ1v) is 7.61. The Morgan fingerprint density at radius 3 is 2.70 bits per heavy atom. The van der Waals surface area contributed by atoms with Gasteiger partial charge in [-0.2, -0.15) is 0 Å². The number of rotatable bonds is 3. The largest absolute Gasteiger partial charge is 0.441 e. The number of aryl methyl sites for hydroxylation is 1. The van der Waals surface area contributed by atoms with E-state index in [0.717, 1.165) is 23.4 Å². The summed E-state index contributed by atoms with van der Waals surface area (Å²) in [6.07, 6.45) is 0.749. The van der Waals surface area contributed by atoms with E-state index in [4.69, 9.17) is 4.42 Å². The SMILES string of the molecule is Cc1cccc(C(Br)Cc2nc3ccccc3o2)c1C. The third-order valence-electron chi connectivity index (χ3n) is 3.68. The number of halogens is 1. The zero-order chi connectivity index (χ0) is 14.1. The number of alkyl halides is 1. The molecule has 0 bridgehead atoms. The first kappa shape index (κ1) is 13.4. The number of hydrogen-bond acceptors (Lipinski definition) is 2. The van der Waals surface area contributed by atoms with Crippen LogP contribution in [0.1, 0.15) is 27.4 Å². The van der Waals surface area contributed by atoms with Crippen molar-refractivity contribution in [1.82, 2.24) is 4.98 Å². The Balaban J connectivity index is 1.88. The lowest BCUT2D eigenvalue weighted by molar-refractivity contribution is 0.527. The van der Waals surface area contributed by atoms with Crippen LogP contribution in [0.15, 0.2) is 46.9 Å². The molecule has 1 atom stereocenters. The van der Waals surface area contributed by atoms with E-state index in [1.807, 2.05) is 24.3 Å². The lowest BCUT2D eigenvalue weighted by atomic mass is 10.00. The Labute approximate surface area is 127 Å². The van der Waals surface area contributed by atoms with Gasteiger partial charge in [0.05, 0.1) is 0 Å². The lowest BCUT2D eigenvalue weighted by Crippen LogP contribution is -1.99. The summed E-state index contributed by atoms with van der Waals surface area (Å²) in [6.45, 7) is 4.29. The molecule has 1 heterocycles. The number of oxazole rings is 1. The number of nitrogens with zero attached hydrogens (tertiary/aromatic N) is 1. The Morgan fingerprint density at radius 1 is 1.10 bits per heavy atom. The summed E-state index contributed by atoms with van der Waals surface area (Å²) in [5.74, 6) is 0.772. The average Bonchev–Trinajstić information content (AvgIpc) is 2.83. The van der Waals surface area contributed by atoms with Gasteiger partial charge in [-0.1, -0.05) is 46.3 Å². The van der Waals surface area contributed by atoms with Crippen LogP contribution in [0.25, 0.3) is 11.1 Å². The van der Waals surface area contributed by atoms with E-state index in [9.17, 15) is 0 Å². The number of para-hydroxylation sites is 2. The van der Waals surface area contributed by atoms with Crippen molar-refractivity contribution >= 4 is 27.0 Å². The number of fused-ring (bicyclic) bond motifs is 1. The molecule has 0 N–H and O–H groups in total. The number of benzene rings is 2. The maximum atomic E-state index is 5.79. The fourth-order valence-corrected chi connectivity index (χ4v) is 3.16. The van der Waals surface area contributed by atoms with E-state index in [2.05, 4.69) is 53.0 Å². The van der Waals surface area contributed by atoms with E-state index >= 15 is 0 Å². The Kier molecular flexibility index (Phi) is 3.62. The summed E-state index contributed by atoms with van der Waals surface area (Å²) in [7, 11) is 0. The summed E-state index contributed by atoms with van der Waals surface area (Å²) in [5.41, 5.74) is 5.70. The molecule has 1 aromatic heterocycles. The molecule has 0 fully saturated rings. The zero-order valence-corrected chi connectivity index (χ0v) is 13.1. The second-order valence-corrected chi connectivity index (χ2v) is 6.14. The van der Waals surface area contributed by atoms with Crippen LogP contribution in [0.2, 0.25) is 0 Å². The predicted octanol–water partition coefficient (Wildman–Crippen LogP) is 5.12. The van der Waals surface area contributed by atoms with Crippen LogP contribution >= 0.6 is 15.9 Å². The quantitative estimate of drug-likeness (QED) is 0.623. The van der Waals surface area contributed by atoms with Gasteiger partial charge in [0.2, 0.25) is 0 Å². The third-order valence-corrected chi connectivity index (χ3v) is 4.49. The van der Waals surface area contributed by atoms with Crippen LogP contribution in [0, 0.1) is 13.8 Å². The molecular formula is C17H16BrNO. The molecule has 0 spiro atoms. The molecule has 0 aliphatic rings. The summed E-state index contributed by atoms with van der Waals surface area (Å²) >= 11 is 3.76. The molecule has 0 radical (unpaired) electrons. The fraction of sp³-hybridized carbons (Fsp3) is 0.235. The normalized spacial score (nSPS) is 12.8. The van der Waals surface area contributed by atoms with Crippen molar-refractivity contribution in [3.8, 4) is 0 Å². The van der Waals surface area contributed by atoms with Crippen LogP contribution in [-0.4, -0.2) is 4.98 Å². The molecule has 0 aliphatic heterocycles. The predicted molar refractivity (Wildman–Crippen MR) is 85.3 cm³/mol. The smallest absolute Gasteiger partial charge is 0.196 e. The monoisotopic (exact) mass is 329 g/mol. The van der Waals surface area contributed by atoms with Crippen molar-refractivity contribution in [2.75, 3.05) is 0 Å². The minimum Gasteiger partial charge on any atom is -0.441 e. The minimum absolute atomic E-state index is 0.218. The highest BCUT2D eigenvalue weighted by atomic mass is 79.9. The topological polar surface area (TPSA) is 26.0 Å². The van der Waals surface area contributed by atoms with Crippen LogP contribution in [0.4, 0.5) is 0 Å².